The minimum absolute atomic E-state index is 0.0205. The SMILES string of the molecule is CC(C(=O)Nc1nccc2sccc12)N1CCc2ccccc21. The van der Waals surface area contributed by atoms with E-state index in [-0.39, 0.29) is 11.9 Å². The number of fused-ring (bicyclic) bond motifs is 2. The molecule has 0 radical (unpaired) electrons. The molecule has 23 heavy (non-hydrogen) atoms. The Labute approximate surface area is 138 Å². The van der Waals surface area contributed by atoms with Gasteiger partial charge in [0.2, 0.25) is 5.91 Å². The van der Waals surface area contributed by atoms with E-state index in [9.17, 15) is 4.79 Å². The molecule has 1 amide bonds. The molecule has 5 heteroatoms. The van der Waals surface area contributed by atoms with Crippen molar-refractivity contribution in [2.24, 2.45) is 0 Å². The summed E-state index contributed by atoms with van der Waals surface area (Å²) in [5.41, 5.74) is 2.47. The van der Waals surface area contributed by atoms with Crippen molar-refractivity contribution >= 4 is 38.8 Å². The molecule has 0 aliphatic carbocycles. The summed E-state index contributed by atoms with van der Waals surface area (Å²) in [4.78, 5) is 19.2. The number of hydrogen-bond acceptors (Lipinski definition) is 4. The number of nitrogens with one attached hydrogen (secondary N) is 1. The molecule has 3 aromatic rings. The average Bonchev–Trinajstić information content (AvgIpc) is 3.21. The van der Waals surface area contributed by atoms with Gasteiger partial charge in [0.1, 0.15) is 11.9 Å². The Bertz CT molecular complexity index is 873. The number of nitrogens with zero attached hydrogens (tertiary/aromatic N) is 2. The zero-order valence-corrected chi connectivity index (χ0v) is 13.6. The Morgan fingerprint density at radius 1 is 1.30 bits per heavy atom. The maximum absolute atomic E-state index is 12.7. The van der Waals surface area contributed by atoms with E-state index in [1.54, 1.807) is 17.5 Å². The molecule has 1 aromatic carbocycles. The topological polar surface area (TPSA) is 45.2 Å². The molecule has 1 atom stereocenters. The van der Waals surface area contributed by atoms with E-state index in [2.05, 4.69) is 27.3 Å². The van der Waals surface area contributed by atoms with Crippen LogP contribution >= 0.6 is 11.3 Å². The standard InChI is InChI=1S/C18H17N3OS/c1-12(21-10-7-13-4-2-3-5-15(13)21)18(22)20-17-14-8-11-23-16(14)6-9-19-17/h2-6,8-9,11-12H,7,10H2,1H3,(H,19,20,22). The lowest BCUT2D eigenvalue weighted by Gasteiger charge is -2.26. The average molecular weight is 323 g/mol. The number of amides is 1. The second-order valence-electron chi connectivity index (χ2n) is 5.73. The lowest BCUT2D eigenvalue weighted by molar-refractivity contribution is -0.117. The predicted molar refractivity (Wildman–Crippen MR) is 95.2 cm³/mol. The van der Waals surface area contributed by atoms with E-state index in [0.29, 0.717) is 5.82 Å². The molecule has 3 heterocycles. The van der Waals surface area contributed by atoms with Crippen LogP contribution in [0.5, 0.6) is 0 Å². The Morgan fingerprint density at radius 3 is 3.09 bits per heavy atom. The Morgan fingerprint density at radius 2 is 2.17 bits per heavy atom. The second kappa shape index (κ2) is 5.66. The maximum atomic E-state index is 12.7. The number of carbonyl (C=O) groups is 1. The van der Waals surface area contributed by atoms with Crippen molar-refractivity contribution in [3.8, 4) is 0 Å². The lowest BCUT2D eigenvalue weighted by Crippen LogP contribution is -2.41. The van der Waals surface area contributed by atoms with Gasteiger partial charge in [-0.1, -0.05) is 18.2 Å². The molecule has 0 saturated heterocycles. The number of pyridine rings is 1. The van der Waals surface area contributed by atoms with Crippen LogP contribution in [0.1, 0.15) is 12.5 Å². The number of carbonyl (C=O) groups excluding carboxylic acids is 1. The van der Waals surface area contributed by atoms with Crippen LogP contribution in [0.3, 0.4) is 0 Å². The molecule has 1 unspecified atom stereocenters. The van der Waals surface area contributed by atoms with E-state index in [1.807, 2.05) is 36.6 Å². The third kappa shape index (κ3) is 2.47. The number of rotatable bonds is 3. The maximum Gasteiger partial charge on any atom is 0.247 e. The van der Waals surface area contributed by atoms with Gasteiger partial charge in [0.05, 0.1) is 0 Å². The molecular formula is C18H17N3OS. The first-order valence-electron chi connectivity index (χ1n) is 7.71. The van der Waals surface area contributed by atoms with Crippen molar-refractivity contribution in [1.29, 1.82) is 0 Å². The van der Waals surface area contributed by atoms with E-state index in [0.717, 1.165) is 28.7 Å². The van der Waals surface area contributed by atoms with Crippen molar-refractivity contribution in [3.63, 3.8) is 0 Å². The van der Waals surface area contributed by atoms with Crippen molar-refractivity contribution in [2.45, 2.75) is 19.4 Å². The van der Waals surface area contributed by atoms with Crippen LogP contribution in [0.15, 0.2) is 48.0 Å². The second-order valence-corrected chi connectivity index (χ2v) is 6.68. The van der Waals surface area contributed by atoms with Gasteiger partial charge in [-0.15, -0.1) is 11.3 Å². The third-order valence-corrected chi connectivity index (χ3v) is 5.27. The smallest absolute Gasteiger partial charge is 0.247 e. The first-order chi connectivity index (χ1) is 11.2. The lowest BCUT2D eigenvalue weighted by atomic mass is 10.1. The normalized spacial score (nSPS) is 14.7. The zero-order valence-electron chi connectivity index (χ0n) is 12.8. The Kier molecular flexibility index (Phi) is 3.50. The number of benzene rings is 1. The molecule has 1 aliphatic heterocycles. The highest BCUT2D eigenvalue weighted by Gasteiger charge is 2.27. The van der Waals surface area contributed by atoms with Crippen molar-refractivity contribution in [2.75, 3.05) is 16.8 Å². The molecule has 4 nitrogen and oxygen atoms in total. The first kappa shape index (κ1) is 14.2. The van der Waals surface area contributed by atoms with Gasteiger partial charge >= 0.3 is 0 Å². The van der Waals surface area contributed by atoms with Crippen LogP contribution < -0.4 is 10.2 Å². The van der Waals surface area contributed by atoms with E-state index in [1.165, 1.54) is 5.56 Å². The summed E-state index contributed by atoms with van der Waals surface area (Å²) in [5, 5.41) is 6.01. The quantitative estimate of drug-likeness (QED) is 0.799. The Balaban J connectivity index is 1.57. The molecule has 0 saturated carbocycles. The molecular weight excluding hydrogens is 306 g/mol. The zero-order chi connectivity index (χ0) is 15.8. The highest BCUT2D eigenvalue weighted by molar-refractivity contribution is 7.17. The highest BCUT2D eigenvalue weighted by Crippen LogP contribution is 2.30. The molecule has 0 fully saturated rings. The summed E-state index contributed by atoms with van der Waals surface area (Å²) in [7, 11) is 0. The van der Waals surface area contributed by atoms with Crippen LogP contribution in [-0.2, 0) is 11.2 Å². The fourth-order valence-corrected chi connectivity index (χ4v) is 3.90. The molecule has 4 rings (SSSR count). The van der Waals surface area contributed by atoms with Crippen LogP contribution in [-0.4, -0.2) is 23.5 Å². The van der Waals surface area contributed by atoms with Gasteiger partial charge < -0.3 is 10.2 Å². The largest absolute Gasteiger partial charge is 0.359 e. The fourth-order valence-electron chi connectivity index (χ4n) is 3.12. The van der Waals surface area contributed by atoms with Gasteiger partial charge in [0, 0.05) is 28.5 Å². The van der Waals surface area contributed by atoms with Gasteiger partial charge in [-0.3, -0.25) is 4.79 Å². The van der Waals surface area contributed by atoms with Gasteiger partial charge in [0.15, 0.2) is 0 Å². The Hall–Kier alpha value is -2.40. The summed E-state index contributed by atoms with van der Waals surface area (Å²) in [6.07, 6.45) is 2.73. The molecule has 0 bridgehead atoms. The van der Waals surface area contributed by atoms with Crippen molar-refractivity contribution < 1.29 is 4.79 Å². The highest BCUT2D eigenvalue weighted by atomic mass is 32.1. The van der Waals surface area contributed by atoms with Crippen molar-refractivity contribution in [1.82, 2.24) is 4.98 Å². The van der Waals surface area contributed by atoms with Gasteiger partial charge in [-0.25, -0.2) is 4.98 Å². The summed E-state index contributed by atoms with van der Waals surface area (Å²) in [6, 6.07) is 12.0. The van der Waals surface area contributed by atoms with E-state index >= 15 is 0 Å². The minimum atomic E-state index is -0.227. The molecule has 1 aliphatic rings. The van der Waals surface area contributed by atoms with Gasteiger partial charge in [-0.2, -0.15) is 0 Å². The van der Waals surface area contributed by atoms with Gasteiger partial charge in [0.25, 0.3) is 0 Å². The molecule has 116 valence electrons. The number of hydrogen-bond donors (Lipinski definition) is 1. The number of para-hydroxylation sites is 1. The summed E-state index contributed by atoms with van der Waals surface area (Å²) >= 11 is 1.65. The molecule has 1 N–H and O–H groups in total. The summed E-state index contributed by atoms with van der Waals surface area (Å²) < 4.78 is 1.13. The van der Waals surface area contributed by atoms with Crippen molar-refractivity contribution in [3.05, 3.63) is 53.5 Å². The van der Waals surface area contributed by atoms with E-state index < -0.39 is 0 Å². The minimum Gasteiger partial charge on any atom is -0.359 e. The predicted octanol–water partition coefficient (Wildman–Crippen LogP) is 3.69. The van der Waals surface area contributed by atoms with E-state index in [4.69, 9.17) is 0 Å². The van der Waals surface area contributed by atoms with Crippen LogP contribution in [0.2, 0.25) is 0 Å². The number of aromatic nitrogens is 1. The van der Waals surface area contributed by atoms with Gasteiger partial charge in [-0.05, 0) is 42.5 Å². The molecule has 2 aromatic heterocycles. The van der Waals surface area contributed by atoms with Crippen LogP contribution in [0.4, 0.5) is 11.5 Å². The van der Waals surface area contributed by atoms with Crippen LogP contribution in [0, 0.1) is 0 Å². The number of anilines is 2. The monoisotopic (exact) mass is 323 g/mol. The number of thiophene rings is 1. The fraction of sp³-hybridized carbons (Fsp3) is 0.222. The first-order valence-corrected chi connectivity index (χ1v) is 8.59. The molecule has 0 spiro atoms. The summed E-state index contributed by atoms with van der Waals surface area (Å²) in [6.45, 7) is 2.83. The third-order valence-electron chi connectivity index (χ3n) is 4.39. The summed E-state index contributed by atoms with van der Waals surface area (Å²) in [5.74, 6) is 0.626. The van der Waals surface area contributed by atoms with Crippen LogP contribution in [0.25, 0.3) is 10.1 Å².